The maximum atomic E-state index is 12.2. The molecular formula is C15H20N2O2. The highest BCUT2D eigenvalue weighted by atomic mass is 16.5. The van der Waals surface area contributed by atoms with Crippen LogP contribution in [0.4, 0.5) is 5.69 Å². The number of hydrogen-bond donors (Lipinski definition) is 2. The molecule has 3 rings (SSSR count). The van der Waals surface area contributed by atoms with Gasteiger partial charge in [-0.2, -0.15) is 0 Å². The van der Waals surface area contributed by atoms with Crippen LogP contribution in [0.5, 0.6) is 0 Å². The molecule has 0 aromatic heterocycles. The van der Waals surface area contributed by atoms with Gasteiger partial charge in [-0.15, -0.1) is 0 Å². The number of anilines is 1. The van der Waals surface area contributed by atoms with Crippen LogP contribution in [0.3, 0.4) is 0 Å². The zero-order valence-electron chi connectivity index (χ0n) is 11.1. The van der Waals surface area contributed by atoms with E-state index in [1.165, 1.54) is 11.3 Å². The maximum absolute atomic E-state index is 12.2. The normalized spacial score (nSPS) is 22.2. The Kier molecular flexibility index (Phi) is 3.69. The van der Waals surface area contributed by atoms with Crippen LogP contribution >= 0.6 is 0 Å². The number of carbonyl (C=O) groups is 1. The number of benzene rings is 1. The molecule has 0 radical (unpaired) electrons. The second-order valence-corrected chi connectivity index (χ2v) is 5.29. The van der Waals surface area contributed by atoms with Crippen molar-refractivity contribution < 1.29 is 9.53 Å². The largest absolute Gasteiger partial charge is 0.385 e. The monoisotopic (exact) mass is 260 g/mol. The Morgan fingerprint density at radius 1 is 1.37 bits per heavy atom. The van der Waals surface area contributed by atoms with Gasteiger partial charge in [0.2, 0.25) is 0 Å². The highest BCUT2D eigenvalue weighted by Gasteiger charge is 2.18. The van der Waals surface area contributed by atoms with Gasteiger partial charge in [-0.25, -0.2) is 0 Å². The number of aryl methyl sites for hydroxylation is 1. The summed E-state index contributed by atoms with van der Waals surface area (Å²) in [5.74, 6) is 0.0175. The van der Waals surface area contributed by atoms with Crippen LogP contribution < -0.4 is 10.6 Å². The molecule has 0 aliphatic carbocycles. The summed E-state index contributed by atoms with van der Waals surface area (Å²) in [5, 5.41) is 6.42. The molecule has 1 saturated heterocycles. The Hall–Kier alpha value is -1.55. The highest BCUT2D eigenvalue weighted by Crippen LogP contribution is 2.23. The van der Waals surface area contributed by atoms with E-state index in [0.717, 1.165) is 44.4 Å². The summed E-state index contributed by atoms with van der Waals surface area (Å²) in [4.78, 5) is 12.2. The number of fused-ring (bicyclic) bond motifs is 1. The van der Waals surface area contributed by atoms with Crippen LogP contribution in [0.25, 0.3) is 0 Å². The van der Waals surface area contributed by atoms with Crippen LogP contribution in [0.2, 0.25) is 0 Å². The SMILES string of the molecule is O=C(NC1CCCOC1)c1ccc2c(c1)CCCN2. The minimum Gasteiger partial charge on any atom is -0.385 e. The summed E-state index contributed by atoms with van der Waals surface area (Å²) in [6, 6.07) is 6.09. The molecule has 2 aliphatic heterocycles. The van der Waals surface area contributed by atoms with E-state index >= 15 is 0 Å². The van der Waals surface area contributed by atoms with Gasteiger partial charge in [-0.3, -0.25) is 4.79 Å². The van der Waals surface area contributed by atoms with E-state index < -0.39 is 0 Å². The van der Waals surface area contributed by atoms with Crippen LogP contribution in [0.1, 0.15) is 35.2 Å². The number of nitrogens with one attached hydrogen (secondary N) is 2. The lowest BCUT2D eigenvalue weighted by molar-refractivity contribution is 0.0624. The Labute approximate surface area is 113 Å². The second-order valence-electron chi connectivity index (χ2n) is 5.29. The van der Waals surface area contributed by atoms with E-state index in [0.29, 0.717) is 6.61 Å². The fraction of sp³-hybridized carbons (Fsp3) is 0.533. The molecule has 1 aromatic carbocycles. The highest BCUT2D eigenvalue weighted by molar-refractivity contribution is 5.95. The second kappa shape index (κ2) is 5.61. The minimum absolute atomic E-state index is 0.0175. The number of amides is 1. The average molecular weight is 260 g/mol. The Morgan fingerprint density at radius 2 is 2.32 bits per heavy atom. The number of rotatable bonds is 2. The van der Waals surface area contributed by atoms with Crippen LogP contribution in [-0.2, 0) is 11.2 Å². The van der Waals surface area contributed by atoms with Crippen molar-refractivity contribution in [3.63, 3.8) is 0 Å². The van der Waals surface area contributed by atoms with Gasteiger partial charge in [-0.05, 0) is 49.4 Å². The van der Waals surface area contributed by atoms with Crippen molar-refractivity contribution in [1.82, 2.24) is 5.32 Å². The lowest BCUT2D eigenvalue weighted by atomic mass is 10.00. The lowest BCUT2D eigenvalue weighted by Gasteiger charge is -2.23. The van der Waals surface area contributed by atoms with Crippen molar-refractivity contribution in [2.24, 2.45) is 0 Å². The smallest absolute Gasteiger partial charge is 0.251 e. The van der Waals surface area contributed by atoms with E-state index in [1.54, 1.807) is 0 Å². The first-order valence-corrected chi connectivity index (χ1v) is 7.08. The summed E-state index contributed by atoms with van der Waals surface area (Å²) in [5.41, 5.74) is 3.18. The van der Waals surface area contributed by atoms with Crippen molar-refractivity contribution in [2.45, 2.75) is 31.7 Å². The number of carbonyl (C=O) groups excluding carboxylic acids is 1. The molecule has 1 atom stereocenters. The molecular weight excluding hydrogens is 240 g/mol. The Morgan fingerprint density at radius 3 is 3.16 bits per heavy atom. The lowest BCUT2D eigenvalue weighted by Crippen LogP contribution is -2.40. The number of ether oxygens (including phenoxy) is 1. The molecule has 1 aromatic rings. The van der Waals surface area contributed by atoms with Crippen molar-refractivity contribution in [1.29, 1.82) is 0 Å². The van der Waals surface area contributed by atoms with Crippen LogP contribution in [0.15, 0.2) is 18.2 Å². The van der Waals surface area contributed by atoms with Crippen LogP contribution in [0, 0.1) is 0 Å². The van der Waals surface area contributed by atoms with Gasteiger partial charge in [0.05, 0.1) is 12.6 Å². The number of hydrogen-bond acceptors (Lipinski definition) is 3. The molecule has 4 heteroatoms. The van der Waals surface area contributed by atoms with Crippen LogP contribution in [-0.4, -0.2) is 31.7 Å². The first-order chi connectivity index (χ1) is 9.33. The van der Waals surface area contributed by atoms with Crippen molar-refractivity contribution in [2.75, 3.05) is 25.1 Å². The quantitative estimate of drug-likeness (QED) is 0.854. The van der Waals surface area contributed by atoms with E-state index in [2.05, 4.69) is 10.6 Å². The van der Waals surface area contributed by atoms with E-state index in [-0.39, 0.29) is 11.9 Å². The molecule has 0 bridgehead atoms. The molecule has 2 aliphatic rings. The van der Waals surface area contributed by atoms with E-state index in [4.69, 9.17) is 4.74 Å². The molecule has 1 fully saturated rings. The Balaban J connectivity index is 1.69. The molecule has 1 amide bonds. The third kappa shape index (κ3) is 2.89. The van der Waals surface area contributed by atoms with Gasteiger partial charge in [0, 0.05) is 24.4 Å². The van der Waals surface area contributed by atoms with Crippen molar-refractivity contribution >= 4 is 11.6 Å². The van der Waals surface area contributed by atoms with Gasteiger partial charge < -0.3 is 15.4 Å². The third-order valence-electron chi connectivity index (χ3n) is 3.80. The summed E-state index contributed by atoms with van der Waals surface area (Å²) < 4.78 is 5.38. The predicted octanol–water partition coefficient (Wildman–Crippen LogP) is 1.95. The average Bonchev–Trinajstić information content (AvgIpc) is 2.48. The van der Waals surface area contributed by atoms with E-state index in [9.17, 15) is 4.79 Å². The first kappa shape index (κ1) is 12.5. The summed E-state index contributed by atoms with van der Waals surface area (Å²) in [6.45, 7) is 2.48. The molecule has 1 unspecified atom stereocenters. The van der Waals surface area contributed by atoms with Crippen molar-refractivity contribution in [3.05, 3.63) is 29.3 Å². The zero-order chi connectivity index (χ0) is 13.1. The summed E-state index contributed by atoms with van der Waals surface area (Å²) in [7, 11) is 0. The fourth-order valence-electron chi connectivity index (χ4n) is 2.74. The van der Waals surface area contributed by atoms with Gasteiger partial charge in [0.15, 0.2) is 0 Å². The van der Waals surface area contributed by atoms with Crippen molar-refractivity contribution in [3.8, 4) is 0 Å². The van der Waals surface area contributed by atoms with Gasteiger partial charge >= 0.3 is 0 Å². The van der Waals surface area contributed by atoms with E-state index in [1.807, 2.05) is 18.2 Å². The Bertz CT molecular complexity index is 467. The summed E-state index contributed by atoms with van der Waals surface area (Å²) in [6.07, 6.45) is 4.22. The molecule has 4 nitrogen and oxygen atoms in total. The van der Waals surface area contributed by atoms with Gasteiger partial charge in [0.25, 0.3) is 5.91 Å². The molecule has 19 heavy (non-hydrogen) atoms. The standard InChI is InChI=1S/C15H20N2O2/c18-15(17-13-4-2-8-19-10-13)12-5-6-14-11(9-12)3-1-7-16-14/h5-6,9,13,16H,1-4,7-8,10H2,(H,17,18). The van der Waals surface area contributed by atoms with Gasteiger partial charge in [0.1, 0.15) is 0 Å². The maximum Gasteiger partial charge on any atom is 0.251 e. The fourth-order valence-corrected chi connectivity index (χ4v) is 2.74. The predicted molar refractivity (Wildman–Crippen MR) is 74.6 cm³/mol. The topological polar surface area (TPSA) is 50.4 Å². The molecule has 2 N–H and O–H groups in total. The summed E-state index contributed by atoms with van der Waals surface area (Å²) >= 11 is 0. The first-order valence-electron chi connectivity index (χ1n) is 7.08. The third-order valence-corrected chi connectivity index (χ3v) is 3.80. The molecule has 102 valence electrons. The minimum atomic E-state index is 0.0175. The zero-order valence-corrected chi connectivity index (χ0v) is 11.1. The molecule has 0 saturated carbocycles. The molecule has 2 heterocycles. The molecule has 0 spiro atoms. The van der Waals surface area contributed by atoms with Gasteiger partial charge in [-0.1, -0.05) is 0 Å².